The first-order valence-corrected chi connectivity index (χ1v) is 5.35. The van der Waals surface area contributed by atoms with Crippen LogP contribution in [0.4, 0.5) is 0 Å². The molecule has 1 aromatic rings. The van der Waals surface area contributed by atoms with E-state index in [4.69, 9.17) is 0 Å². The Bertz CT molecular complexity index is 301. The van der Waals surface area contributed by atoms with E-state index in [0.29, 0.717) is 5.92 Å². The summed E-state index contributed by atoms with van der Waals surface area (Å²) in [5, 5.41) is 7.58. The second kappa shape index (κ2) is 4.09. The molecule has 78 valence electrons. The van der Waals surface area contributed by atoms with Gasteiger partial charge in [0.25, 0.3) is 0 Å². The first kappa shape index (κ1) is 9.65. The molecule has 4 nitrogen and oxygen atoms in total. The predicted octanol–water partition coefficient (Wildman–Crippen LogP) is 0.844. The molecule has 1 saturated carbocycles. The van der Waals surface area contributed by atoms with Crippen molar-refractivity contribution in [1.29, 1.82) is 0 Å². The van der Waals surface area contributed by atoms with Crippen LogP contribution in [0.1, 0.15) is 36.8 Å². The Kier molecular flexibility index (Phi) is 2.82. The number of nitrogens with zero attached hydrogens (tertiary/aromatic N) is 3. The molecular formula is C10H18N4. The minimum absolute atomic E-state index is 0.666. The third-order valence-electron chi connectivity index (χ3n) is 2.64. The summed E-state index contributed by atoms with van der Waals surface area (Å²) in [6, 6.07) is 0. The van der Waals surface area contributed by atoms with E-state index in [1.165, 1.54) is 12.8 Å². The molecule has 2 rings (SSSR count). The normalized spacial score (nSPS) is 16.1. The van der Waals surface area contributed by atoms with Crippen molar-refractivity contribution < 1.29 is 0 Å². The third kappa shape index (κ3) is 2.12. The monoisotopic (exact) mass is 194 g/mol. The van der Waals surface area contributed by atoms with Gasteiger partial charge in [-0.3, -0.25) is 4.68 Å². The van der Waals surface area contributed by atoms with Crippen LogP contribution in [0, 0.1) is 0 Å². The predicted molar refractivity (Wildman–Crippen MR) is 55.2 cm³/mol. The number of rotatable bonds is 5. The van der Waals surface area contributed by atoms with Gasteiger partial charge in [0, 0.05) is 19.4 Å². The highest BCUT2D eigenvalue weighted by Gasteiger charge is 2.28. The lowest BCUT2D eigenvalue weighted by molar-refractivity contribution is 0.647. The molecular weight excluding hydrogens is 176 g/mol. The van der Waals surface area contributed by atoms with Crippen molar-refractivity contribution in [2.75, 3.05) is 13.6 Å². The molecule has 14 heavy (non-hydrogen) atoms. The van der Waals surface area contributed by atoms with Gasteiger partial charge in [0.1, 0.15) is 5.82 Å². The van der Waals surface area contributed by atoms with Crippen molar-refractivity contribution in [1.82, 2.24) is 20.1 Å². The quantitative estimate of drug-likeness (QED) is 0.706. The maximum atomic E-state index is 4.57. The van der Waals surface area contributed by atoms with Gasteiger partial charge in [-0.2, -0.15) is 5.10 Å². The lowest BCUT2D eigenvalue weighted by Gasteiger charge is -1.98. The van der Waals surface area contributed by atoms with Gasteiger partial charge < -0.3 is 5.32 Å². The van der Waals surface area contributed by atoms with E-state index in [2.05, 4.69) is 15.4 Å². The molecule has 1 heterocycles. The molecule has 1 N–H and O–H groups in total. The molecule has 0 spiro atoms. The number of nitrogens with one attached hydrogen (secondary N) is 1. The van der Waals surface area contributed by atoms with Gasteiger partial charge in [0.15, 0.2) is 5.82 Å². The summed E-state index contributed by atoms with van der Waals surface area (Å²) in [6.07, 6.45) is 4.71. The van der Waals surface area contributed by atoms with Crippen molar-refractivity contribution in [3.05, 3.63) is 11.6 Å². The smallest absolute Gasteiger partial charge is 0.154 e. The zero-order valence-corrected chi connectivity index (χ0v) is 8.95. The van der Waals surface area contributed by atoms with E-state index in [1.807, 2.05) is 18.8 Å². The van der Waals surface area contributed by atoms with Crippen molar-refractivity contribution in [2.24, 2.45) is 7.05 Å². The van der Waals surface area contributed by atoms with E-state index in [-0.39, 0.29) is 0 Å². The molecule has 4 heteroatoms. The van der Waals surface area contributed by atoms with Crippen LogP contribution < -0.4 is 5.32 Å². The van der Waals surface area contributed by atoms with Gasteiger partial charge in [0.2, 0.25) is 0 Å². The van der Waals surface area contributed by atoms with E-state index >= 15 is 0 Å². The minimum Gasteiger partial charge on any atom is -0.320 e. The molecule has 0 unspecified atom stereocenters. The van der Waals surface area contributed by atoms with Crippen molar-refractivity contribution in [3.63, 3.8) is 0 Å². The van der Waals surface area contributed by atoms with E-state index < -0.39 is 0 Å². The van der Waals surface area contributed by atoms with Gasteiger partial charge in [0.05, 0.1) is 0 Å². The lowest BCUT2D eigenvalue weighted by atomic mass is 10.3. The van der Waals surface area contributed by atoms with Crippen LogP contribution >= 0.6 is 0 Å². The molecule has 1 aromatic heterocycles. The van der Waals surface area contributed by atoms with Gasteiger partial charge in [-0.15, -0.1) is 0 Å². The Morgan fingerprint density at radius 3 is 2.93 bits per heavy atom. The van der Waals surface area contributed by atoms with Crippen LogP contribution in [0.3, 0.4) is 0 Å². The zero-order chi connectivity index (χ0) is 9.97. The van der Waals surface area contributed by atoms with E-state index in [1.54, 1.807) is 0 Å². The van der Waals surface area contributed by atoms with Gasteiger partial charge in [-0.05, 0) is 32.9 Å². The number of hydrogen-bond acceptors (Lipinski definition) is 3. The van der Waals surface area contributed by atoms with Crippen molar-refractivity contribution in [3.8, 4) is 0 Å². The topological polar surface area (TPSA) is 42.7 Å². The summed E-state index contributed by atoms with van der Waals surface area (Å²) < 4.78 is 1.93. The molecule has 1 aliphatic carbocycles. The molecule has 0 saturated heterocycles. The lowest BCUT2D eigenvalue weighted by Crippen LogP contribution is -2.10. The van der Waals surface area contributed by atoms with Crippen LogP contribution in [0.15, 0.2) is 0 Å². The Balaban J connectivity index is 1.94. The van der Waals surface area contributed by atoms with E-state index in [0.717, 1.165) is 31.0 Å². The molecule has 0 aliphatic heterocycles. The van der Waals surface area contributed by atoms with Gasteiger partial charge in [-0.1, -0.05) is 0 Å². The highest BCUT2D eigenvalue weighted by molar-refractivity contribution is 5.05. The van der Waals surface area contributed by atoms with Crippen LogP contribution in [0.2, 0.25) is 0 Å². The molecule has 1 aliphatic rings. The SMILES string of the molecule is CNCCCc1nc(C2CC2)nn1C. The van der Waals surface area contributed by atoms with Crippen LogP contribution in [-0.2, 0) is 13.5 Å². The summed E-state index contributed by atoms with van der Waals surface area (Å²) >= 11 is 0. The average molecular weight is 194 g/mol. The zero-order valence-electron chi connectivity index (χ0n) is 8.95. The van der Waals surface area contributed by atoms with Crippen molar-refractivity contribution >= 4 is 0 Å². The highest BCUT2D eigenvalue weighted by atomic mass is 15.3. The summed E-state index contributed by atoms with van der Waals surface area (Å²) in [6.45, 7) is 1.05. The second-order valence-electron chi connectivity index (χ2n) is 3.99. The summed E-state index contributed by atoms with van der Waals surface area (Å²) in [5.41, 5.74) is 0. The van der Waals surface area contributed by atoms with Gasteiger partial charge in [-0.25, -0.2) is 4.98 Å². The molecule has 0 amide bonds. The number of aromatic nitrogens is 3. The maximum Gasteiger partial charge on any atom is 0.154 e. The standard InChI is InChI=1S/C10H18N4/c1-11-7-3-4-9-12-10(8-5-6-8)13-14(9)2/h8,11H,3-7H2,1-2H3. The molecule has 0 atom stereocenters. The van der Waals surface area contributed by atoms with E-state index in [9.17, 15) is 0 Å². The van der Waals surface area contributed by atoms with Crippen molar-refractivity contribution in [2.45, 2.75) is 31.6 Å². The summed E-state index contributed by atoms with van der Waals surface area (Å²) in [7, 11) is 3.97. The van der Waals surface area contributed by atoms with Crippen LogP contribution in [-0.4, -0.2) is 28.4 Å². The average Bonchev–Trinajstić information content (AvgIpc) is 2.94. The fourth-order valence-electron chi connectivity index (χ4n) is 1.59. The van der Waals surface area contributed by atoms with Crippen LogP contribution in [0.5, 0.6) is 0 Å². The maximum absolute atomic E-state index is 4.57. The fourth-order valence-corrected chi connectivity index (χ4v) is 1.59. The Labute approximate surface area is 84.7 Å². The first-order chi connectivity index (χ1) is 6.81. The largest absolute Gasteiger partial charge is 0.320 e. The number of hydrogen-bond donors (Lipinski definition) is 1. The van der Waals surface area contributed by atoms with Gasteiger partial charge >= 0.3 is 0 Å². The summed E-state index contributed by atoms with van der Waals surface area (Å²) in [5.74, 6) is 2.85. The Morgan fingerprint density at radius 2 is 2.29 bits per heavy atom. The Morgan fingerprint density at radius 1 is 1.50 bits per heavy atom. The second-order valence-corrected chi connectivity index (χ2v) is 3.99. The first-order valence-electron chi connectivity index (χ1n) is 5.35. The fraction of sp³-hybridized carbons (Fsp3) is 0.800. The molecule has 0 radical (unpaired) electrons. The summed E-state index contributed by atoms with van der Waals surface area (Å²) in [4.78, 5) is 4.57. The molecule has 0 aromatic carbocycles. The molecule has 1 fully saturated rings. The minimum atomic E-state index is 0.666. The highest BCUT2D eigenvalue weighted by Crippen LogP contribution is 2.37. The third-order valence-corrected chi connectivity index (χ3v) is 2.64. The number of aryl methyl sites for hydroxylation is 2. The molecule has 0 bridgehead atoms. The van der Waals surface area contributed by atoms with Crippen LogP contribution in [0.25, 0.3) is 0 Å². The Hall–Kier alpha value is -0.900.